The Morgan fingerprint density at radius 2 is 1.88 bits per heavy atom. The number of Topliss-reactive ketones (excluding diaryl/α,β-unsaturated/α-hetero) is 1. The molecule has 3 fully saturated rings. The number of ketones is 2. The number of hydrogen-bond donors (Lipinski definition) is 0. The Bertz CT molecular complexity index is 673. The summed E-state index contributed by atoms with van der Waals surface area (Å²) in [5.74, 6) is 1.47. The highest BCUT2D eigenvalue weighted by Gasteiger charge is 2.66. The van der Waals surface area contributed by atoms with E-state index in [4.69, 9.17) is 0 Å². The van der Waals surface area contributed by atoms with E-state index >= 15 is 4.39 Å². The molecule has 25 heavy (non-hydrogen) atoms. The zero-order chi connectivity index (χ0) is 18.2. The van der Waals surface area contributed by atoms with Gasteiger partial charge in [-0.25, -0.2) is 4.39 Å². The van der Waals surface area contributed by atoms with Gasteiger partial charge in [-0.15, -0.1) is 0 Å². The zero-order valence-electron chi connectivity index (χ0n) is 15.4. The van der Waals surface area contributed by atoms with E-state index < -0.39 is 10.5 Å². The Morgan fingerprint density at radius 1 is 1.20 bits per heavy atom. The van der Waals surface area contributed by atoms with Crippen LogP contribution >= 0.6 is 15.9 Å². The molecule has 3 saturated carbocycles. The second kappa shape index (κ2) is 5.50. The van der Waals surface area contributed by atoms with Crippen LogP contribution in [0.15, 0.2) is 11.6 Å². The van der Waals surface area contributed by atoms with Crippen molar-refractivity contribution in [3.05, 3.63) is 11.6 Å². The zero-order valence-corrected chi connectivity index (χ0v) is 17.0. The first kappa shape index (κ1) is 17.9. The van der Waals surface area contributed by atoms with Gasteiger partial charge >= 0.3 is 0 Å². The molecule has 2 nitrogen and oxygen atoms in total. The molecule has 0 bridgehead atoms. The van der Waals surface area contributed by atoms with Gasteiger partial charge in [-0.1, -0.05) is 29.8 Å². The van der Waals surface area contributed by atoms with Gasteiger partial charge in [0.25, 0.3) is 0 Å². The topological polar surface area (TPSA) is 34.1 Å². The molecule has 7 atom stereocenters. The second-order valence-electron chi connectivity index (χ2n) is 9.42. The number of alkyl halides is 2. The van der Waals surface area contributed by atoms with Gasteiger partial charge in [0.15, 0.2) is 5.78 Å². The van der Waals surface area contributed by atoms with E-state index in [-0.39, 0.29) is 22.4 Å². The van der Waals surface area contributed by atoms with Crippen LogP contribution in [0.25, 0.3) is 0 Å². The largest absolute Gasteiger partial charge is 0.298 e. The summed E-state index contributed by atoms with van der Waals surface area (Å²) in [5, 5.41) is 0. The monoisotopic (exact) mass is 410 g/mol. The van der Waals surface area contributed by atoms with Crippen molar-refractivity contribution in [1.82, 2.24) is 0 Å². The number of allylic oxidation sites excluding steroid dienone is 1. The van der Waals surface area contributed by atoms with Gasteiger partial charge in [-0.3, -0.25) is 9.59 Å². The first-order chi connectivity index (χ1) is 11.6. The third-order valence-corrected chi connectivity index (χ3v) is 10.5. The summed E-state index contributed by atoms with van der Waals surface area (Å²) in [5.41, 5.74) is 0.510. The minimum absolute atomic E-state index is 0.0816. The van der Waals surface area contributed by atoms with E-state index in [1.165, 1.54) is 0 Å². The van der Waals surface area contributed by atoms with E-state index in [1.807, 2.05) is 0 Å². The molecule has 0 saturated heterocycles. The summed E-state index contributed by atoms with van der Waals surface area (Å²) in [6.45, 7) is 6.14. The number of halogens is 2. The number of carbonyl (C=O) groups excluding carboxylic acids is 2. The lowest BCUT2D eigenvalue weighted by Gasteiger charge is -2.59. The lowest BCUT2D eigenvalue weighted by molar-refractivity contribution is -0.126. The van der Waals surface area contributed by atoms with Crippen molar-refractivity contribution in [2.24, 2.45) is 28.6 Å². The molecular weight excluding hydrogens is 383 g/mol. The van der Waals surface area contributed by atoms with Gasteiger partial charge in [-0.05, 0) is 85.7 Å². The summed E-state index contributed by atoms with van der Waals surface area (Å²) in [7, 11) is 0. The van der Waals surface area contributed by atoms with Crippen LogP contribution in [-0.4, -0.2) is 22.1 Å². The minimum Gasteiger partial charge on any atom is -0.298 e. The van der Waals surface area contributed by atoms with Crippen molar-refractivity contribution < 1.29 is 14.0 Å². The Kier molecular flexibility index (Phi) is 3.93. The maximum atomic E-state index is 15.1. The molecule has 0 amide bonds. The van der Waals surface area contributed by atoms with Crippen molar-refractivity contribution >= 4 is 27.5 Å². The molecule has 0 heterocycles. The van der Waals surface area contributed by atoms with Crippen LogP contribution in [0.2, 0.25) is 0 Å². The SMILES string of the molecule is CC(=O)[C@]1(Br)CC[C@H]2[C@@H]3C[C@H](F)C4=CC(=O)CC[C@]4(C)[C@H]3CC[C@@]21C. The molecule has 138 valence electrons. The maximum absolute atomic E-state index is 15.1. The average molecular weight is 411 g/mol. The number of carbonyl (C=O) groups is 2. The fourth-order valence-electron chi connectivity index (χ4n) is 7.12. The molecule has 4 aliphatic rings. The molecule has 0 aromatic carbocycles. The molecule has 0 N–H and O–H groups in total. The quantitative estimate of drug-likeness (QED) is 0.557. The van der Waals surface area contributed by atoms with Gasteiger partial charge in [0.2, 0.25) is 0 Å². The number of hydrogen-bond acceptors (Lipinski definition) is 2. The smallest absolute Gasteiger partial charge is 0.155 e. The molecule has 4 aliphatic carbocycles. The van der Waals surface area contributed by atoms with Crippen molar-refractivity contribution in [2.75, 3.05) is 0 Å². The molecular formula is C21H28BrFO2. The van der Waals surface area contributed by atoms with Crippen LogP contribution in [0.4, 0.5) is 4.39 Å². The molecule has 0 spiro atoms. The lowest BCUT2D eigenvalue weighted by atomic mass is 9.46. The van der Waals surface area contributed by atoms with Gasteiger partial charge in [0.1, 0.15) is 12.0 Å². The Labute approximate surface area is 158 Å². The van der Waals surface area contributed by atoms with Crippen molar-refractivity contribution in [2.45, 2.75) is 76.2 Å². The van der Waals surface area contributed by atoms with Crippen LogP contribution in [0.5, 0.6) is 0 Å². The van der Waals surface area contributed by atoms with E-state index in [0.29, 0.717) is 30.6 Å². The third kappa shape index (κ3) is 2.18. The maximum Gasteiger partial charge on any atom is 0.155 e. The Balaban J connectivity index is 1.73. The molecule has 0 aromatic heterocycles. The van der Waals surface area contributed by atoms with E-state index in [2.05, 4.69) is 29.8 Å². The van der Waals surface area contributed by atoms with Gasteiger partial charge in [0, 0.05) is 6.42 Å². The molecule has 0 radical (unpaired) electrons. The van der Waals surface area contributed by atoms with E-state index in [1.54, 1.807) is 13.0 Å². The predicted octanol–water partition coefficient (Wildman–Crippen LogP) is 5.19. The summed E-state index contributed by atoms with van der Waals surface area (Å²) in [6, 6.07) is 0. The molecule has 4 heteroatoms. The van der Waals surface area contributed by atoms with Crippen molar-refractivity contribution in [3.8, 4) is 0 Å². The predicted molar refractivity (Wildman–Crippen MR) is 99.3 cm³/mol. The third-order valence-electron chi connectivity index (χ3n) is 8.59. The number of fused-ring (bicyclic) bond motifs is 5. The summed E-state index contributed by atoms with van der Waals surface area (Å²) in [6.07, 6.45) is 6.40. The summed E-state index contributed by atoms with van der Waals surface area (Å²) in [4.78, 5) is 24.3. The van der Waals surface area contributed by atoms with Crippen LogP contribution in [0, 0.1) is 28.6 Å². The van der Waals surface area contributed by atoms with Crippen LogP contribution < -0.4 is 0 Å². The summed E-state index contributed by atoms with van der Waals surface area (Å²) < 4.78 is 14.7. The van der Waals surface area contributed by atoms with Crippen molar-refractivity contribution in [3.63, 3.8) is 0 Å². The van der Waals surface area contributed by atoms with E-state index in [9.17, 15) is 9.59 Å². The Hall–Kier alpha value is -0.510. The standard InChI is InChI=1S/C21H28BrFO2/c1-12(24)21(22)9-6-16-14-11-18(23)17-10-13(25)4-7-19(17,2)15(14)5-8-20(16,21)3/h10,14-16,18H,4-9,11H2,1-3H3/t14-,15+,16+,18+,19-,20+,21-/m1/s1. The highest BCUT2D eigenvalue weighted by atomic mass is 79.9. The second-order valence-corrected chi connectivity index (χ2v) is 10.8. The van der Waals surface area contributed by atoms with Gasteiger partial charge in [-0.2, -0.15) is 0 Å². The fraction of sp³-hybridized carbons (Fsp3) is 0.810. The van der Waals surface area contributed by atoms with Gasteiger partial charge in [0.05, 0.1) is 4.32 Å². The Morgan fingerprint density at radius 3 is 2.56 bits per heavy atom. The van der Waals surface area contributed by atoms with E-state index in [0.717, 1.165) is 37.7 Å². The normalized spacial score (nSPS) is 52.0. The highest BCUT2D eigenvalue weighted by Crippen LogP contribution is 2.69. The highest BCUT2D eigenvalue weighted by molar-refractivity contribution is 9.10. The summed E-state index contributed by atoms with van der Waals surface area (Å²) >= 11 is 3.83. The van der Waals surface area contributed by atoms with Crippen LogP contribution in [0.3, 0.4) is 0 Å². The molecule has 4 rings (SSSR count). The lowest BCUT2D eigenvalue weighted by Crippen LogP contribution is -2.56. The van der Waals surface area contributed by atoms with Gasteiger partial charge < -0.3 is 0 Å². The minimum atomic E-state index is -1.000. The molecule has 0 aromatic rings. The first-order valence-electron chi connectivity index (χ1n) is 9.72. The van der Waals surface area contributed by atoms with Crippen molar-refractivity contribution in [1.29, 1.82) is 0 Å². The molecule has 0 aliphatic heterocycles. The average Bonchev–Trinajstić information content (AvgIpc) is 2.83. The fourth-order valence-corrected chi connectivity index (χ4v) is 7.84. The van der Waals surface area contributed by atoms with Crippen LogP contribution in [0.1, 0.15) is 65.7 Å². The first-order valence-corrected chi connectivity index (χ1v) is 10.5. The number of rotatable bonds is 1. The van der Waals surface area contributed by atoms with Crippen LogP contribution in [-0.2, 0) is 9.59 Å². The molecule has 0 unspecified atom stereocenters.